The van der Waals surface area contributed by atoms with E-state index in [1.165, 1.54) is 6.42 Å². The van der Waals surface area contributed by atoms with E-state index in [-0.39, 0.29) is 17.8 Å². The van der Waals surface area contributed by atoms with Crippen LogP contribution in [0.3, 0.4) is 0 Å². The van der Waals surface area contributed by atoms with Gasteiger partial charge in [-0.2, -0.15) is 0 Å². The molecule has 6 heteroatoms. The van der Waals surface area contributed by atoms with Gasteiger partial charge in [-0.3, -0.25) is 4.79 Å². The Morgan fingerprint density at radius 1 is 1.45 bits per heavy atom. The van der Waals surface area contributed by atoms with Crippen LogP contribution in [0.4, 0.5) is 0 Å². The molecule has 0 radical (unpaired) electrons. The third-order valence-electron chi connectivity index (χ3n) is 4.70. The highest BCUT2D eigenvalue weighted by atomic mass is 16.4. The summed E-state index contributed by atoms with van der Waals surface area (Å²) in [6.07, 6.45) is 5.46. The van der Waals surface area contributed by atoms with Crippen LogP contribution in [0.25, 0.3) is 0 Å². The molecule has 0 aromatic heterocycles. The lowest BCUT2D eigenvalue weighted by molar-refractivity contribution is -0.132. The number of piperidine rings is 1. The Morgan fingerprint density at radius 2 is 2.10 bits per heavy atom. The van der Waals surface area contributed by atoms with Crippen molar-refractivity contribution >= 4 is 11.7 Å². The summed E-state index contributed by atoms with van der Waals surface area (Å²) in [4.78, 5) is 14.9. The fraction of sp³-hybridized carbons (Fsp3) is 0.857. The Hall–Kier alpha value is -1.30. The number of likely N-dealkylation sites (tertiary alicyclic amines) is 1. The van der Waals surface area contributed by atoms with Gasteiger partial charge in [0.05, 0.1) is 0 Å². The van der Waals surface area contributed by atoms with Crippen molar-refractivity contribution in [2.75, 3.05) is 19.6 Å². The number of oxime groups is 1. The minimum Gasteiger partial charge on any atom is -0.409 e. The van der Waals surface area contributed by atoms with Crippen molar-refractivity contribution in [1.29, 1.82) is 0 Å². The predicted molar refractivity (Wildman–Crippen MR) is 77.6 cm³/mol. The van der Waals surface area contributed by atoms with Crippen molar-refractivity contribution in [3.05, 3.63) is 0 Å². The Morgan fingerprint density at radius 3 is 2.55 bits per heavy atom. The van der Waals surface area contributed by atoms with Crippen LogP contribution in [-0.2, 0) is 4.79 Å². The van der Waals surface area contributed by atoms with E-state index in [9.17, 15) is 4.79 Å². The second-order valence-corrected chi connectivity index (χ2v) is 6.01. The fourth-order valence-electron chi connectivity index (χ4n) is 3.17. The van der Waals surface area contributed by atoms with E-state index in [0.717, 1.165) is 38.9 Å². The molecule has 0 aromatic carbocycles. The lowest BCUT2D eigenvalue weighted by Crippen LogP contribution is -2.57. The van der Waals surface area contributed by atoms with Gasteiger partial charge in [-0.15, -0.1) is 0 Å². The summed E-state index contributed by atoms with van der Waals surface area (Å²) in [5.41, 5.74) is 4.96. The summed E-state index contributed by atoms with van der Waals surface area (Å²) in [5, 5.41) is 15.0. The zero-order chi connectivity index (χ0) is 14.6. The van der Waals surface area contributed by atoms with Crippen molar-refractivity contribution in [3.63, 3.8) is 0 Å². The summed E-state index contributed by atoms with van der Waals surface area (Å²) < 4.78 is 0. The topological polar surface area (TPSA) is 91.0 Å². The van der Waals surface area contributed by atoms with Gasteiger partial charge < -0.3 is 21.2 Å². The first kappa shape index (κ1) is 15.1. The van der Waals surface area contributed by atoms with Gasteiger partial charge in [0.25, 0.3) is 0 Å². The highest BCUT2D eigenvalue weighted by Gasteiger charge is 2.48. The zero-order valence-electron chi connectivity index (χ0n) is 12.3. The number of nitrogens with one attached hydrogen (secondary N) is 1. The lowest BCUT2D eigenvalue weighted by Gasteiger charge is -2.41. The van der Waals surface area contributed by atoms with Gasteiger partial charge in [0.15, 0.2) is 5.84 Å². The molecular formula is C14H26N4O2. The fourth-order valence-corrected chi connectivity index (χ4v) is 3.17. The van der Waals surface area contributed by atoms with E-state index in [1.807, 2.05) is 0 Å². The number of hydrogen-bond donors (Lipinski definition) is 3. The van der Waals surface area contributed by atoms with E-state index in [4.69, 9.17) is 10.9 Å². The summed E-state index contributed by atoms with van der Waals surface area (Å²) in [5.74, 6) is -0.00217. The standard InChI is InChI=1S/C14H26N4O2/c1-2-8-18-9-4-11(5-10-18)16-13(19)14(6-3-7-14)12(15)17-20/h11,20H,2-10H2,1H3,(H2,15,17)(H,16,19). The number of hydrogen-bond acceptors (Lipinski definition) is 4. The van der Waals surface area contributed by atoms with Crippen LogP contribution >= 0.6 is 0 Å². The third kappa shape index (κ3) is 2.90. The van der Waals surface area contributed by atoms with Gasteiger partial charge in [-0.05, 0) is 38.6 Å². The Labute approximate surface area is 120 Å². The number of carbonyl (C=O) groups is 1. The van der Waals surface area contributed by atoms with E-state index in [0.29, 0.717) is 12.8 Å². The molecule has 0 bridgehead atoms. The molecule has 1 aliphatic heterocycles. The maximum atomic E-state index is 12.4. The van der Waals surface area contributed by atoms with Crippen molar-refractivity contribution in [2.24, 2.45) is 16.3 Å². The average Bonchev–Trinajstić information content (AvgIpc) is 2.39. The summed E-state index contributed by atoms with van der Waals surface area (Å²) in [6.45, 7) is 5.39. The van der Waals surface area contributed by atoms with Crippen molar-refractivity contribution in [1.82, 2.24) is 10.2 Å². The molecule has 1 saturated heterocycles. The molecule has 20 heavy (non-hydrogen) atoms. The quantitative estimate of drug-likeness (QED) is 0.302. The summed E-state index contributed by atoms with van der Waals surface area (Å²) in [6, 6.07) is 0.222. The second-order valence-electron chi connectivity index (χ2n) is 6.01. The molecule has 2 fully saturated rings. The highest BCUT2D eigenvalue weighted by Crippen LogP contribution is 2.41. The SMILES string of the molecule is CCCN1CCC(NC(=O)C2(C(N)=NO)CCC2)CC1. The highest BCUT2D eigenvalue weighted by molar-refractivity contribution is 6.07. The molecule has 0 aromatic rings. The van der Waals surface area contributed by atoms with Crippen molar-refractivity contribution in [2.45, 2.75) is 51.5 Å². The number of amides is 1. The Bertz CT molecular complexity index is 371. The molecule has 6 nitrogen and oxygen atoms in total. The van der Waals surface area contributed by atoms with E-state index in [2.05, 4.69) is 22.3 Å². The van der Waals surface area contributed by atoms with E-state index >= 15 is 0 Å². The lowest BCUT2D eigenvalue weighted by atomic mass is 9.67. The number of amidine groups is 1. The minimum absolute atomic E-state index is 0.0599. The molecule has 1 aliphatic carbocycles. The molecule has 1 amide bonds. The number of nitrogens with two attached hydrogens (primary N) is 1. The van der Waals surface area contributed by atoms with Crippen LogP contribution in [0.1, 0.15) is 45.4 Å². The van der Waals surface area contributed by atoms with Gasteiger partial charge >= 0.3 is 0 Å². The number of rotatable bonds is 5. The van der Waals surface area contributed by atoms with E-state index in [1.54, 1.807) is 0 Å². The maximum Gasteiger partial charge on any atom is 0.234 e. The van der Waals surface area contributed by atoms with Gasteiger partial charge in [-0.25, -0.2) is 0 Å². The molecule has 4 N–H and O–H groups in total. The largest absolute Gasteiger partial charge is 0.409 e. The molecule has 114 valence electrons. The van der Waals surface area contributed by atoms with Gasteiger partial charge in [0.2, 0.25) is 5.91 Å². The number of nitrogens with zero attached hydrogens (tertiary/aromatic N) is 2. The first-order valence-corrected chi connectivity index (χ1v) is 7.63. The van der Waals surface area contributed by atoms with Crippen LogP contribution in [-0.4, -0.2) is 47.5 Å². The molecule has 2 rings (SSSR count). The molecule has 1 heterocycles. The monoisotopic (exact) mass is 282 g/mol. The molecule has 1 saturated carbocycles. The van der Waals surface area contributed by atoms with Crippen LogP contribution in [0.15, 0.2) is 5.16 Å². The van der Waals surface area contributed by atoms with Crippen LogP contribution in [0.5, 0.6) is 0 Å². The normalized spacial score (nSPS) is 24.1. The van der Waals surface area contributed by atoms with Crippen LogP contribution < -0.4 is 11.1 Å². The second kappa shape index (κ2) is 6.43. The molecule has 0 spiro atoms. The molecule has 0 unspecified atom stereocenters. The summed E-state index contributed by atoms with van der Waals surface area (Å²) >= 11 is 0. The Balaban J connectivity index is 1.86. The smallest absolute Gasteiger partial charge is 0.234 e. The Kier molecular flexibility index (Phi) is 4.86. The third-order valence-corrected chi connectivity index (χ3v) is 4.70. The molecular weight excluding hydrogens is 256 g/mol. The van der Waals surface area contributed by atoms with E-state index < -0.39 is 5.41 Å². The average molecular weight is 282 g/mol. The minimum atomic E-state index is -0.755. The first-order chi connectivity index (χ1) is 9.62. The van der Waals surface area contributed by atoms with Gasteiger partial charge in [0.1, 0.15) is 5.41 Å². The predicted octanol–water partition coefficient (Wildman–Crippen LogP) is 0.894. The van der Waals surface area contributed by atoms with Crippen molar-refractivity contribution < 1.29 is 10.0 Å². The van der Waals surface area contributed by atoms with Gasteiger partial charge in [0, 0.05) is 19.1 Å². The molecule has 0 atom stereocenters. The maximum absolute atomic E-state index is 12.4. The number of carbonyl (C=O) groups excluding carboxylic acids is 1. The van der Waals surface area contributed by atoms with Crippen LogP contribution in [0, 0.1) is 5.41 Å². The van der Waals surface area contributed by atoms with Gasteiger partial charge in [-0.1, -0.05) is 18.5 Å². The summed E-state index contributed by atoms with van der Waals surface area (Å²) in [7, 11) is 0. The molecule has 2 aliphatic rings. The van der Waals surface area contributed by atoms with Crippen molar-refractivity contribution in [3.8, 4) is 0 Å². The first-order valence-electron chi connectivity index (χ1n) is 7.63. The zero-order valence-corrected chi connectivity index (χ0v) is 12.3. The van der Waals surface area contributed by atoms with Crippen LogP contribution in [0.2, 0.25) is 0 Å².